The van der Waals surface area contributed by atoms with Gasteiger partial charge in [-0.1, -0.05) is 6.92 Å². The van der Waals surface area contributed by atoms with Gasteiger partial charge in [0.1, 0.15) is 0 Å². The molecule has 1 radical (unpaired) electrons. The molecule has 0 bridgehead atoms. The molecule has 0 aromatic heterocycles. The molecule has 1 heteroatoms. The van der Waals surface area contributed by atoms with Crippen molar-refractivity contribution in [2.75, 3.05) is 0 Å². The molecule has 1 fully saturated rings. The predicted octanol–water partition coefficient (Wildman–Crippen LogP) is 0.702. The van der Waals surface area contributed by atoms with E-state index in [1.807, 2.05) is 6.92 Å². The summed E-state index contributed by atoms with van der Waals surface area (Å²) in [6.07, 6.45) is 4.47. The molecule has 2 N–H and O–H groups in total. The van der Waals surface area contributed by atoms with E-state index >= 15 is 0 Å². The third kappa shape index (κ3) is 0.548. The molecule has 0 unspecified atom stereocenters. The third-order valence-corrected chi connectivity index (χ3v) is 1.40. The first-order valence-corrected chi connectivity index (χ1v) is 2.36. The van der Waals surface area contributed by atoms with E-state index in [0.29, 0.717) is 0 Å². The van der Waals surface area contributed by atoms with Crippen LogP contribution in [0.2, 0.25) is 0 Å². The van der Waals surface area contributed by atoms with Crippen LogP contribution in [0.5, 0.6) is 0 Å². The molecule has 1 aliphatic rings. The van der Waals surface area contributed by atoms with Crippen molar-refractivity contribution in [2.45, 2.75) is 25.3 Å². The van der Waals surface area contributed by atoms with Crippen LogP contribution in [-0.2, 0) is 0 Å². The van der Waals surface area contributed by atoms with E-state index in [9.17, 15) is 0 Å². The smallest absolute Gasteiger partial charge is 0.0184 e. The highest BCUT2D eigenvalue weighted by molar-refractivity contribution is 5.07. The van der Waals surface area contributed by atoms with E-state index in [-0.39, 0.29) is 5.54 Å². The fourth-order valence-corrected chi connectivity index (χ4v) is 0.433. The maximum absolute atomic E-state index is 5.59. The highest BCUT2D eigenvalue weighted by Crippen LogP contribution is 2.33. The van der Waals surface area contributed by atoms with Gasteiger partial charge >= 0.3 is 0 Å². The Morgan fingerprint density at radius 2 is 2.17 bits per heavy atom. The Kier molecular flexibility index (Phi) is 0.667. The molecule has 1 aliphatic carbocycles. The van der Waals surface area contributed by atoms with Crippen LogP contribution < -0.4 is 5.73 Å². The van der Waals surface area contributed by atoms with Crippen LogP contribution >= 0.6 is 0 Å². The van der Waals surface area contributed by atoms with Gasteiger partial charge in [-0.05, 0) is 19.3 Å². The van der Waals surface area contributed by atoms with Crippen molar-refractivity contribution in [3.05, 3.63) is 6.42 Å². The minimum atomic E-state index is 0.167. The van der Waals surface area contributed by atoms with E-state index in [0.717, 1.165) is 0 Å². The zero-order chi connectivity index (χ0) is 4.62. The molecule has 1 nitrogen and oxygen atoms in total. The summed E-state index contributed by atoms with van der Waals surface area (Å²) >= 11 is 0. The topological polar surface area (TPSA) is 26.0 Å². The van der Waals surface area contributed by atoms with Crippen LogP contribution in [0.15, 0.2) is 0 Å². The summed E-state index contributed by atoms with van der Waals surface area (Å²) in [5, 5.41) is 0. The van der Waals surface area contributed by atoms with Crippen molar-refractivity contribution in [2.24, 2.45) is 5.73 Å². The summed E-state index contributed by atoms with van der Waals surface area (Å²) in [5.74, 6) is 0. The number of hydrogen-bond donors (Lipinski definition) is 1. The molecule has 0 amide bonds. The van der Waals surface area contributed by atoms with Gasteiger partial charge in [-0.25, -0.2) is 0 Å². The first kappa shape index (κ1) is 4.13. The monoisotopic (exact) mass is 84.1 g/mol. The normalized spacial score (nSPS) is 27.0. The van der Waals surface area contributed by atoms with Crippen molar-refractivity contribution >= 4 is 0 Å². The third-order valence-electron chi connectivity index (χ3n) is 1.40. The summed E-state index contributed by atoms with van der Waals surface area (Å²) in [6, 6.07) is 0. The van der Waals surface area contributed by atoms with Gasteiger partial charge in [-0.15, -0.1) is 0 Å². The average Bonchev–Trinajstić information content (AvgIpc) is 2.22. The average molecular weight is 84.1 g/mol. The van der Waals surface area contributed by atoms with Gasteiger partial charge in [0, 0.05) is 5.54 Å². The van der Waals surface area contributed by atoms with Crippen LogP contribution in [0.4, 0.5) is 0 Å². The Labute approximate surface area is 38.5 Å². The standard InChI is InChI=1S/C5H10N/c1-2-5(6)3-4-5/h2H,3-4,6H2,1H3. The van der Waals surface area contributed by atoms with Crippen molar-refractivity contribution in [1.29, 1.82) is 0 Å². The van der Waals surface area contributed by atoms with Gasteiger partial charge in [0.05, 0.1) is 0 Å². The lowest BCUT2D eigenvalue weighted by molar-refractivity contribution is 0.786. The largest absolute Gasteiger partial charge is 0.325 e. The summed E-state index contributed by atoms with van der Waals surface area (Å²) < 4.78 is 0. The van der Waals surface area contributed by atoms with E-state index < -0.39 is 0 Å². The second-order valence-corrected chi connectivity index (χ2v) is 2.02. The molecular weight excluding hydrogens is 74.1 g/mol. The molecule has 0 spiro atoms. The van der Waals surface area contributed by atoms with E-state index in [4.69, 9.17) is 5.73 Å². The van der Waals surface area contributed by atoms with Crippen LogP contribution in [0, 0.1) is 6.42 Å². The molecular formula is C5H10N. The second-order valence-electron chi connectivity index (χ2n) is 2.02. The van der Waals surface area contributed by atoms with E-state index in [1.54, 1.807) is 0 Å². The summed E-state index contributed by atoms with van der Waals surface area (Å²) in [5.41, 5.74) is 5.76. The Morgan fingerprint density at radius 1 is 1.67 bits per heavy atom. The number of rotatable bonds is 1. The van der Waals surface area contributed by atoms with Gasteiger partial charge in [0.15, 0.2) is 0 Å². The first-order valence-electron chi connectivity index (χ1n) is 2.36. The SMILES string of the molecule is C[CH]C1(N)CC1. The van der Waals surface area contributed by atoms with E-state index in [1.165, 1.54) is 12.8 Å². The maximum atomic E-state index is 5.59. The lowest BCUT2D eigenvalue weighted by atomic mass is 10.2. The molecule has 0 saturated heterocycles. The fourth-order valence-electron chi connectivity index (χ4n) is 0.433. The van der Waals surface area contributed by atoms with E-state index in [2.05, 4.69) is 6.42 Å². The Hall–Kier alpha value is -0.0400. The van der Waals surface area contributed by atoms with Gasteiger partial charge in [0.25, 0.3) is 0 Å². The van der Waals surface area contributed by atoms with Gasteiger partial charge in [0.2, 0.25) is 0 Å². The van der Waals surface area contributed by atoms with Crippen LogP contribution in [0.3, 0.4) is 0 Å². The van der Waals surface area contributed by atoms with Gasteiger partial charge in [-0.2, -0.15) is 0 Å². The van der Waals surface area contributed by atoms with Crippen molar-refractivity contribution in [3.8, 4) is 0 Å². The molecule has 0 atom stereocenters. The van der Waals surface area contributed by atoms with Gasteiger partial charge < -0.3 is 5.73 Å². The van der Waals surface area contributed by atoms with Crippen LogP contribution in [-0.4, -0.2) is 5.54 Å². The maximum Gasteiger partial charge on any atom is 0.0184 e. The molecule has 1 rings (SSSR count). The molecule has 1 saturated carbocycles. The van der Waals surface area contributed by atoms with Gasteiger partial charge in [-0.3, -0.25) is 0 Å². The van der Waals surface area contributed by atoms with Crippen molar-refractivity contribution in [1.82, 2.24) is 0 Å². The van der Waals surface area contributed by atoms with Crippen molar-refractivity contribution < 1.29 is 0 Å². The Bertz CT molecular complexity index is 55.0. The predicted molar refractivity (Wildman–Crippen MR) is 26.1 cm³/mol. The number of hydrogen-bond acceptors (Lipinski definition) is 1. The lowest BCUT2D eigenvalue weighted by Crippen LogP contribution is -2.19. The Balaban J connectivity index is 2.28. The van der Waals surface area contributed by atoms with Crippen LogP contribution in [0.1, 0.15) is 19.8 Å². The molecule has 0 aromatic rings. The van der Waals surface area contributed by atoms with Crippen molar-refractivity contribution in [3.63, 3.8) is 0 Å². The zero-order valence-electron chi connectivity index (χ0n) is 4.07. The highest BCUT2D eigenvalue weighted by atomic mass is 14.8. The molecule has 6 heavy (non-hydrogen) atoms. The molecule has 0 aliphatic heterocycles. The Morgan fingerprint density at radius 3 is 2.17 bits per heavy atom. The minimum Gasteiger partial charge on any atom is -0.325 e. The van der Waals surface area contributed by atoms with Crippen LogP contribution in [0.25, 0.3) is 0 Å². The second kappa shape index (κ2) is 0.969. The fraction of sp³-hybridized carbons (Fsp3) is 0.800. The minimum absolute atomic E-state index is 0.167. The number of nitrogens with two attached hydrogens (primary N) is 1. The lowest BCUT2D eigenvalue weighted by Gasteiger charge is -1.97. The summed E-state index contributed by atoms with van der Waals surface area (Å²) in [4.78, 5) is 0. The quantitative estimate of drug-likeness (QED) is 0.497. The highest BCUT2D eigenvalue weighted by Gasteiger charge is 2.35. The molecule has 35 valence electrons. The molecule has 0 aromatic carbocycles. The summed E-state index contributed by atoms with van der Waals surface area (Å²) in [7, 11) is 0. The first-order chi connectivity index (χ1) is 2.77. The zero-order valence-corrected chi connectivity index (χ0v) is 4.07. The summed E-state index contributed by atoms with van der Waals surface area (Å²) in [6.45, 7) is 2.02. The molecule has 0 heterocycles.